The number of aryl methyl sites for hydroxylation is 1. The van der Waals surface area contributed by atoms with Crippen molar-refractivity contribution in [2.45, 2.75) is 24.3 Å². The van der Waals surface area contributed by atoms with Crippen molar-refractivity contribution in [1.82, 2.24) is 9.71 Å². The van der Waals surface area contributed by atoms with Crippen LogP contribution in [0.4, 0.5) is 5.69 Å². The highest BCUT2D eigenvalue weighted by Gasteiger charge is 2.28. The standard InChI is InChI=1S/C22H23N3O2S/c1-17-8-10-20(11-9-17)28(26,27)24-16-22(19-6-4-13-23-15-19)25-14-12-18-5-2-3-7-21(18)25/h2-11,13,15,22,24H,12,14,16H2,1H3/t22-/m1/s1. The number of nitrogens with zero attached hydrogens (tertiary/aromatic N) is 2. The molecule has 0 bridgehead atoms. The predicted molar refractivity (Wildman–Crippen MR) is 111 cm³/mol. The fraction of sp³-hybridized carbons (Fsp3) is 0.227. The Labute approximate surface area is 166 Å². The average molecular weight is 394 g/mol. The molecule has 0 saturated heterocycles. The molecule has 0 amide bonds. The van der Waals surface area contributed by atoms with E-state index in [-0.39, 0.29) is 17.5 Å². The molecule has 4 rings (SSSR count). The molecule has 1 atom stereocenters. The zero-order valence-corrected chi connectivity index (χ0v) is 16.6. The summed E-state index contributed by atoms with van der Waals surface area (Å²) in [7, 11) is -3.58. The quantitative estimate of drug-likeness (QED) is 0.697. The maximum atomic E-state index is 12.8. The lowest BCUT2D eigenvalue weighted by atomic mass is 10.1. The Morgan fingerprint density at radius 3 is 2.61 bits per heavy atom. The number of rotatable bonds is 6. The van der Waals surface area contributed by atoms with Gasteiger partial charge in [-0.05, 0) is 48.7 Å². The molecule has 1 aliphatic rings. The van der Waals surface area contributed by atoms with Gasteiger partial charge in [-0.25, -0.2) is 13.1 Å². The van der Waals surface area contributed by atoms with Gasteiger partial charge in [0.2, 0.25) is 10.0 Å². The van der Waals surface area contributed by atoms with E-state index in [1.54, 1.807) is 18.3 Å². The Kier molecular flexibility index (Phi) is 5.15. The van der Waals surface area contributed by atoms with Gasteiger partial charge in [-0.15, -0.1) is 0 Å². The van der Waals surface area contributed by atoms with E-state index in [9.17, 15) is 8.42 Å². The number of hydrogen-bond acceptors (Lipinski definition) is 4. The lowest BCUT2D eigenvalue weighted by molar-refractivity contribution is 0.562. The van der Waals surface area contributed by atoms with Gasteiger partial charge < -0.3 is 4.90 Å². The molecule has 0 aliphatic carbocycles. The van der Waals surface area contributed by atoms with Crippen LogP contribution in [0.5, 0.6) is 0 Å². The highest BCUT2D eigenvalue weighted by Crippen LogP contribution is 2.34. The summed E-state index contributed by atoms with van der Waals surface area (Å²) in [6.07, 6.45) is 4.50. The van der Waals surface area contributed by atoms with E-state index in [4.69, 9.17) is 0 Å². The number of fused-ring (bicyclic) bond motifs is 1. The number of para-hydroxylation sites is 1. The largest absolute Gasteiger partial charge is 0.363 e. The Balaban J connectivity index is 1.61. The van der Waals surface area contributed by atoms with E-state index in [0.717, 1.165) is 29.8 Å². The monoisotopic (exact) mass is 393 g/mol. The molecule has 1 N–H and O–H groups in total. The summed E-state index contributed by atoms with van der Waals surface area (Å²) in [6, 6.07) is 19.0. The second kappa shape index (κ2) is 7.73. The summed E-state index contributed by atoms with van der Waals surface area (Å²) >= 11 is 0. The molecule has 1 aliphatic heterocycles. The third-order valence-corrected chi connectivity index (χ3v) is 6.61. The fourth-order valence-corrected chi connectivity index (χ4v) is 4.70. The third kappa shape index (κ3) is 3.79. The minimum absolute atomic E-state index is 0.127. The summed E-state index contributed by atoms with van der Waals surface area (Å²) < 4.78 is 28.4. The zero-order valence-electron chi connectivity index (χ0n) is 15.7. The number of aromatic nitrogens is 1. The maximum Gasteiger partial charge on any atom is 0.240 e. The fourth-order valence-electron chi connectivity index (χ4n) is 3.66. The molecule has 0 radical (unpaired) electrons. The third-order valence-electron chi connectivity index (χ3n) is 5.17. The molecule has 0 unspecified atom stereocenters. The minimum atomic E-state index is -3.58. The number of anilines is 1. The zero-order chi connectivity index (χ0) is 19.6. The van der Waals surface area contributed by atoms with Crippen molar-refractivity contribution in [1.29, 1.82) is 0 Å². The van der Waals surface area contributed by atoms with Gasteiger partial charge in [0.05, 0.1) is 10.9 Å². The van der Waals surface area contributed by atoms with Crippen molar-refractivity contribution < 1.29 is 8.42 Å². The van der Waals surface area contributed by atoms with Gasteiger partial charge in [-0.2, -0.15) is 0 Å². The van der Waals surface area contributed by atoms with Crippen LogP contribution in [0.2, 0.25) is 0 Å². The lowest BCUT2D eigenvalue weighted by Gasteiger charge is -2.31. The van der Waals surface area contributed by atoms with Crippen LogP contribution in [0.25, 0.3) is 0 Å². The van der Waals surface area contributed by atoms with Crippen molar-refractivity contribution >= 4 is 15.7 Å². The lowest BCUT2D eigenvalue weighted by Crippen LogP contribution is -2.37. The van der Waals surface area contributed by atoms with Crippen molar-refractivity contribution in [3.63, 3.8) is 0 Å². The van der Waals surface area contributed by atoms with Gasteiger partial charge in [-0.3, -0.25) is 4.98 Å². The molecule has 5 nitrogen and oxygen atoms in total. The van der Waals surface area contributed by atoms with Crippen LogP contribution in [0.1, 0.15) is 22.7 Å². The van der Waals surface area contributed by atoms with Gasteiger partial charge >= 0.3 is 0 Å². The summed E-state index contributed by atoms with van der Waals surface area (Å²) in [5.41, 5.74) is 4.47. The average Bonchev–Trinajstić information content (AvgIpc) is 3.13. The Morgan fingerprint density at radius 1 is 1.07 bits per heavy atom. The molecule has 6 heteroatoms. The van der Waals surface area contributed by atoms with Crippen LogP contribution in [-0.4, -0.2) is 26.5 Å². The summed E-state index contributed by atoms with van der Waals surface area (Å²) in [4.78, 5) is 6.79. The maximum absolute atomic E-state index is 12.8. The molecule has 1 aromatic heterocycles. The molecule has 2 aromatic carbocycles. The predicted octanol–water partition coefficient (Wildman–Crippen LogP) is 3.47. The van der Waals surface area contributed by atoms with Crippen molar-refractivity contribution in [2.24, 2.45) is 0 Å². The van der Waals surface area contributed by atoms with Crippen LogP contribution in [0.3, 0.4) is 0 Å². The Morgan fingerprint density at radius 2 is 1.86 bits per heavy atom. The molecule has 28 heavy (non-hydrogen) atoms. The smallest absolute Gasteiger partial charge is 0.240 e. The second-order valence-corrected chi connectivity index (χ2v) is 8.81. The molecule has 3 aromatic rings. The molecule has 2 heterocycles. The van der Waals surface area contributed by atoms with Crippen molar-refractivity contribution in [3.8, 4) is 0 Å². The second-order valence-electron chi connectivity index (χ2n) is 7.04. The first-order chi connectivity index (χ1) is 13.5. The highest BCUT2D eigenvalue weighted by molar-refractivity contribution is 7.89. The van der Waals surface area contributed by atoms with E-state index >= 15 is 0 Å². The first kappa shape index (κ1) is 18.7. The topological polar surface area (TPSA) is 62.3 Å². The first-order valence-corrected chi connectivity index (χ1v) is 10.8. The van der Waals surface area contributed by atoms with Crippen molar-refractivity contribution in [3.05, 3.63) is 89.7 Å². The molecular weight excluding hydrogens is 370 g/mol. The van der Waals surface area contributed by atoms with Gasteiger partial charge in [0, 0.05) is 31.2 Å². The molecule has 0 fully saturated rings. The van der Waals surface area contributed by atoms with Crippen LogP contribution in [0, 0.1) is 6.92 Å². The van der Waals surface area contributed by atoms with Crippen molar-refractivity contribution in [2.75, 3.05) is 18.0 Å². The molecule has 144 valence electrons. The van der Waals surface area contributed by atoms with Gasteiger partial charge in [0.25, 0.3) is 0 Å². The summed E-state index contributed by atoms with van der Waals surface area (Å²) in [5, 5.41) is 0. The number of benzene rings is 2. The van der Waals surface area contributed by atoms with E-state index < -0.39 is 10.0 Å². The van der Waals surface area contributed by atoms with E-state index in [1.807, 2.05) is 49.5 Å². The van der Waals surface area contributed by atoms with Gasteiger partial charge in [0.1, 0.15) is 0 Å². The Bertz CT molecular complexity index is 1050. The summed E-state index contributed by atoms with van der Waals surface area (Å²) in [6.45, 7) is 3.06. The van der Waals surface area contributed by atoms with E-state index in [0.29, 0.717) is 0 Å². The number of sulfonamides is 1. The van der Waals surface area contributed by atoms with Gasteiger partial charge in [0.15, 0.2) is 0 Å². The normalized spacial score (nSPS) is 14.7. The van der Waals surface area contributed by atoms with Crippen LogP contribution < -0.4 is 9.62 Å². The minimum Gasteiger partial charge on any atom is -0.363 e. The molecule has 0 spiro atoms. The summed E-state index contributed by atoms with van der Waals surface area (Å²) in [5.74, 6) is 0. The van der Waals surface area contributed by atoms with Crippen LogP contribution in [-0.2, 0) is 16.4 Å². The number of nitrogens with one attached hydrogen (secondary N) is 1. The van der Waals surface area contributed by atoms with Crippen LogP contribution in [0.15, 0.2) is 78.0 Å². The molecular formula is C22H23N3O2S. The van der Waals surface area contributed by atoms with Crippen LogP contribution >= 0.6 is 0 Å². The number of pyridine rings is 1. The first-order valence-electron chi connectivity index (χ1n) is 9.35. The number of hydrogen-bond donors (Lipinski definition) is 1. The Hall–Kier alpha value is -2.70. The highest BCUT2D eigenvalue weighted by atomic mass is 32.2. The molecule has 0 saturated carbocycles. The SMILES string of the molecule is Cc1ccc(S(=O)(=O)NC[C@H](c2cccnc2)N2CCc3ccccc32)cc1. The van der Waals surface area contributed by atoms with Gasteiger partial charge in [-0.1, -0.05) is 42.0 Å². The van der Waals surface area contributed by atoms with E-state index in [1.165, 1.54) is 5.56 Å². The van der Waals surface area contributed by atoms with E-state index in [2.05, 4.69) is 26.7 Å².